The van der Waals surface area contributed by atoms with E-state index in [0.717, 1.165) is 39.1 Å². The lowest BCUT2D eigenvalue weighted by Gasteiger charge is -2.45. The molecule has 0 bridgehead atoms. The van der Waals surface area contributed by atoms with Crippen LogP contribution in [0.15, 0.2) is 60.7 Å². The zero-order valence-corrected chi connectivity index (χ0v) is 18.0. The molecule has 0 radical (unpaired) electrons. The average molecular weight is 423 g/mol. The van der Waals surface area contributed by atoms with Gasteiger partial charge in [0.05, 0.1) is 6.10 Å². The van der Waals surface area contributed by atoms with Crippen molar-refractivity contribution in [2.75, 3.05) is 26.2 Å². The summed E-state index contributed by atoms with van der Waals surface area (Å²) in [5, 5.41) is 10.6. The molecule has 2 saturated heterocycles. The fraction of sp³-hybridized carbons (Fsp3) is 0.478. The van der Waals surface area contributed by atoms with Gasteiger partial charge in [0.15, 0.2) is 0 Å². The van der Waals surface area contributed by atoms with Gasteiger partial charge in [0.1, 0.15) is 0 Å². The number of hydrogen-bond donors (Lipinski definition) is 1. The van der Waals surface area contributed by atoms with E-state index in [-0.39, 0.29) is 37.0 Å². The number of likely N-dealkylation sites (tertiary alicyclic amines) is 2. The van der Waals surface area contributed by atoms with E-state index in [9.17, 15) is 5.11 Å². The van der Waals surface area contributed by atoms with Gasteiger partial charge >= 0.3 is 0 Å². The van der Waals surface area contributed by atoms with E-state index in [2.05, 4.69) is 70.5 Å². The van der Waals surface area contributed by atoms with E-state index >= 15 is 0 Å². The molecule has 2 fully saturated rings. The SMILES string of the molecule is Cl.Cl.O[C@@H]1CCN(Cc2ccccc2)C[C@H]1N1CCC(c2ccccc2)CC1. The van der Waals surface area contributed by atoms with Gasteiger partial charge < -0.3 is 5.11 Å². The number of halogens is 2. The number of aliphatic hydroxyl groups is 1. The molecule has 2 aromatic carbocycles. The third kappa shape index (κ3) is 5.71. The fourth-order valence-corrected chi connectivity index (χ4v) is 4.62. The predicted octanol–water partition coefficient (Wildman–Crippen LogP) is 4.35. The summed E-state index contributed by atoms with van der Waals surface area (Å²) in [4.78, 5) is 5.05. The summed E-state index contributed by atoms with van der Waals surface area (Å²) in [6.45, 7) is 5.16. The summed E-state index contributed by atoms with van der Waals surface area (Å²) in [5.41, 5.74) is 2.84. The first-order chi connectivity index (χ1) is 12.8. The molecule has 0 saturated carbocycles. The van der Waals surface area contributed by atoms with Gasteiger partial charge in [-0.3, -0.25) is 9.80 Å². The molecule has 28 heavy (non-hydrogen) atoms. The predicted molar refractivity (Wildman–Crippen MR) is 121 cm³/mol. The van der Waals surface area contributed by atoms with Gasteiger partial charge in [-0.25, -0.2) is 0 Å². The molecule has 0 aromatic heterocycles. The van der Waals surface area contributed by atoms with E-state index in [1.54, 1.807) is 0 Å². The van der Waals surface area contributed by atoms with E-state index in [0.29, 0.717) is 5.92 Å². The Balaban J connectivity index is 0.00000140. The van der Waals surface area contributed by atoms with E-state index in [1.165, 1.54) is 24.0 Å². The highest BCUT2D eigenvalue weighted by Crippen LogP contribution is 2.30. The van der Waals surface area contributed by atoms with Crippen molar-refractivity contribution in [1.29, 1.82) is 0 Å². The molecular weight excluding hydrogens is 391 g/mol. The third-order valence-electron chi connectivity index (χ3n) is 6.15. The van der Waals surface area contributed by atoms with Crippen LogP contribution in [0.1, 0.15) is 36.3 Å². The van der Waals surface area contributed by atoms with Crippen LogP contribution in [-0.4, -0.2) is 53.2 Å². The molecule has 0 amide bonds. The molecule has 3 nitrogen and oxygen atoms in total. The van der Waals surface area contributed by atoms with Gasteiger partial charge in [0.25, 0.3) is 0 Å². The van der Waals surface area contributed by atoms with Crippen LogP contribution < -0.4 is 0 Å². The van der Waals surface area contributed by atoms with Crippen LogP contribution in [0.2, 0.25) is 0 Å². The van der Waals surface area contributed by atoms with Crippen molar-refractivity contribution in [2.24, 2.45) is 0 Å². The lowest BCUT2D eigenvalue weighted by atomic mass is 9.88. The van der Waals surface area contributed by atoms with Gasteiger partial charge in [-0.1, -0.05) is 60.7 Å². The van der Waals surface area contributed by atoms with Crippen molar-refractivity contribution in [2.45, 2.75) is 43.9 Å². The van der Waals surface area contributed by atoms with Crippen molar-refractivity contribution < 1.29 is 5.11 Å². The van der Waals surface area contributed by atoms with Gasteiger partial charge in [-0.05, 0) is 49.4 Å². The lowest BCUT2D eigenvalue weighted by molar-refractivity contribution is -0.0222. The number of nitrogens with zero attached hydrogens (tertiary/aromatic N) is 2. The molecule has 2 heterocycles. The highest BCUT2D eigenvalue weighted by molar-refractivity contribution is 5.85. The molecule has 4 rings (SSSR count). The van der Waals surface area contributed by atoms with Gasteiger partial charge in [0.2, 0.25) is 0 Å². The first-order valence-electron chi connectivity index (χ1n) is 10.0. The Morgan fingerprint density at radius 3 is 2.04 bits per heavy atom. The van der Waals surface area contributed by atoms with Crippen LogP contribution in [0.3, 0.4) is 0 Å². The molecule has 2 aromatic rings. The van der Waals surface area contributed by atoms with E-state index < -0.39 is 0 Å². The summed E-state index contributed by atoms with van der Waals surface area (Å²) in [5.74, 6) is 0.675. The quantitative estimate of drug-likeness (QED) is 0.793. The molecule has 2 atom stereocenters. The van der Waals surface area contributed by atoms with Crippen LogP contribution in [-0.2, 0) is 6.54 Å². The zero-order chi connectivity index (χ0) is 17.8. The van der Waals surface area contributed by atoms with Crippen LogP contribution >= 0.6 is 24.8 Å². The maximum atomic E-state index is 10.6. The molecule has 1 N–H and O–H groups in total. The summed E-state index contributed by atoms with van der Waals surface area (Å²) in [7, 11) is 0. The topological polar surface area (TPSA) is 26.7 Å². The number of hydrogen-bond acceptors (Lipinski definition) is 3. The molecule has 0 aliphatic carbocycles. The Hall–Kier alpha value is -1.10. The Bertz CT molecular complexity index is 678. The number of piperidine rings is 2. The molecule has 154 valence electrons. The standard InChI is InChI=1S/C23H30N2O.2ClH/c26-23-13-14-24(17-19-7-3-1-4-8-19)18-22(23)25-15-11-21(12-16-25)20-9-5-2-6-10-20;;/h1-10,21-23,26H,11-18H2;2*1H/t22-,23-;;/m1../s1. The molecule has 2 aliphatic heterocycles. The van der Waals surface area contributed by atoms with Crippen LogP contribution in [0.5, 0.6) is 0 Å². The smallest absolute Gasteiger partial charge is 0.0720 e. The van der Waals surface area contributed by atoms with E-state index in [4.69, 9.17) is 0 Å². The molecule has 0 spiro atoms. The van der Waals surface area contributed by atoms with E-state index in [1.807, 2.05) is 0 Å². The van der Waals surface area contributed by atoms with Gasteiger partial charge in [0, 0.05) is 25.7 Å². The molecule has 5 heteroatoms. The van der Waals surface area contributed by atoms with Crippen molar-refractivity contribution in [3.63, 3.8) is 0 Å². The van der Waals surface area contributed by atoms with Crippen molar-refractivity contribution in [1.82, 2.24) is 9.80 Å². The summed E-state index contributed by atoms with van der Waals surface area (Å²) < 4.78 is 0. The highest BCUT2D eigenvalue weighted by atomic mass is 35.5. The van der Waals surface area contributed by atoms with Crippen LogP contribution in [0.25, 0.3) is 0 Å². The summed E-state index contributed by atoms with van der Waals surface area (Å²) in [6, 6.07) is 21.9. The Morgan fingerprint density at radius 1 is 0.786 bits per heavy atom. The minimum Gasteiger partial charge on any atom is -0.391 e. The average Bonchev–Trinajstić information content (AvgIpc) is 2.71. The second kappa shape index (κ2) is 11.2. The van der Waals surface area contributed by atoms with Gasteiger partial charge in [-0.2, -0.15) is 0 Å². The van der Waals surface area contributed by atoms with Crippen molar-refractivity contribution in [3.8, 4) is 0 Å². The first-order valence-corrected chi connectivity index (χ1v) is 10.0. The summed E-state index contributed by atoms with van der Waals surface area (Å²) >= 11 is 0. The summed E-state index contributed by atoms with van der Waals surface area (Å²) in [6.07, 6.45) is 3.10. The molecule has 0 unspecified atom stereocenters. The Labute approximate surface area is 181 Å². The number of benzene rings is 2. The minimum atomic E-state index is -0.185. The molecule has 2 aliphatic rings. The maximum absolute atomic E-state index is 10.6. The highest BCUT2D eigenvalue weighted by Gasteiger charge is 2.34. The lowest BCUT2D eigenvalue weighted by Crippen LogP contribution is -2.56. The minimum absolute atomic E-state index is 0. The molecular formula is C23H32Cl2N2O. The number of rotatable bonds is 4. The number of aliphatic hydroxyl groups excluding tert-OH is 1. The monoisotopic (exact) mass is 422 g/mol. The van der Waals surface area contributed by atoms with Crippen LogP contribution in [0.4, 0.5) is 0 Å². The Morgan fingerprint density at radius 2 is 1.39 bits per heavy atom. The van der Waals surface area contributed by atoms with Crippen molar-refractivity contribution in [3.05, 3.63) is 71.8 Å². The second-order valence-electron chi connectivity index (χ2n) is 7.87. The second-order valence-corrected chi connectivity index (χ2v) is 7.87. The normalized spacial score (nSPS) is 24.2. The van der Waals surface area contributed by atoms with Crippen LogP contribution in [0, 0.1) is 0 Å². The zero-order valence-electron chi connectivity index (χ0n) is 16.3. The van der Waals surface area contributed by atoms with Gasteiger partial charge in [-0.15, -0.1) is 24.8 Å². The fourth-order valence-electron chi connectivity index (χ4n) is 4.62. The van der Waals surface area contributed by atoms with Crippen molar-refractivity contribution >= 4 is 24.8 Å². The maximum Gasteiger partial charge on any atom is 0.0720 e. The first kappa shape index (κ1) is 23.2. The third-order valence-corrected chi connectivity index (χ3v) is 6.15. The Kier molecular flexibility index (Phi) is 9.26. The largest absolute Gasteiger partial charge is 0.391 e.